The first kappa shape index (κ1) is 24.9. The predicted octanol–water partition coefficient (Wildman–Crippen LogP) is 3.56. The lowest BCUT2D eigenvalue weighted by molar-refractivity contribution is -0.117. The number of amides is 2. The van der Waals surface area contributed by atoms with Crippen molar-refractivity contribution < 1.29 is 14.7 Å². The Bertz CT molecular complexity index is 1170. The van der Waals surface area contributed by atoms with Crippen molar-refractivity contribution in [2.24, 2.45) is 0 Å². The van der Waals surface area contributed by atoms with Gasteiger partial charge in [0.15, 0.2) is 0 Å². The highest BCUT2D eigenvalue weighted by molar-refractivity contribution is 6.08. The molecule has 7 heteroatoms. The number of nitrogens with one attached hydrogen (secondary N) is 3. The number of carbonyl (C=O) groups is 2. The molecule has 0 bridgehead atoms. The zero-order valence-corrected chi connectivity index (χ0v) is 20.8. The number of fused-ring (bicyclic) bond motifs is 1. The number of carbonyl (C=O) groups excluding carboxylic acids is 2. The summed E-state index contributed by atoms with van der Waals surface area (Å²) in [4.78, 5) is 31.2. The van der Waals surface area contributed by atoms with E-state index in [0.29, 0.717) is 31.5 Å². The van der Waals surface area contributed by atoms with Gasteiger partial charge in [0.2, 0.25) is 5.91 Å². The second kappa shape index (κ2) is 11.1. The maximum absolute atomic E-state index is 13.5. The van der Waals surface area contributed by atoms with Gasteiger partial charge in [0, 0.05) is 42.7 Å². The minimum Gasteiger partial charge on any atom is -0.390 e. The smallest absolute Gasteiger partial charge is 0.251 e. The summed E-state index contributed by atoms with van der Waals surface area (Å²) in [5.41, 5.74) is 4.26. The number of H-pyrrole nitrogens is 1. The first-order valence-electron chi connectivity index (χ1n) is 12.6. The lowest BCUT2D eigenvalue weighted by Crippen LogP contribution is -2.49. The van der Waals surface area contributed by atoms with Crippen LogP contribution in [0.15, 0.2) is 48.7 Å². The molecule has 0 aliphatic carbocycles. The average Bonchev–Trinajstić information content (AvgIpc) is 3.47. The molecule has 0 spiro atoms. The van der Waals surface area contributed by atoms with Gasteiger partial charge in [0.1, 0.15) is 0 Å². The largest absolute Gasteiger partial charge is 0.390 e. The number of anilines is 1. The molecule has 2 amide bonds. The third-order valence-electron chi connectivity index (χ3n) is 6.68. The van der Waals surface area contributed by atoms with Gasteiger partial charge in [-0.05, 0) is 42.5 Å². The highest BCUT2D eigenvalue weighted by atomic mass is 16.3. The van der Waals surface area contributed by atoms with Crippen LogP contribution in [0, 0.1) is 0 Å². The quantitative estimate of drug-likeness (QED) is 0.360. The molecule has 0 saturated carbocycles. The molecule has 186 valence electrons. The number of aryl methyl sites for hydroxylation is 1. The Morgan fingerprint density at radius 3 is 2.63 bits per heavy atom. The van der Waals surface area contributed by atoms with Gasteiger partial charge in [-0.1, -0.05) is 51.1 Å². The number of aromatic nitrogens is 1. The van der Waals surface area contributed by atoms with Crippen LogP contribution in [0.3, 0.4) is 0 Å². The molecule has 1 fully saturated rings. The summed E-state index contributed by atoms with van der Waals surface area (Å²) in [5, 5.41) is 18.3. The lowest BCUT2D eigenvalue weighted by atomic mass is 9.99. The van der Waals surface area contributed by atoms with Crippen LogP contribution >= 0.6 is 0 Å². The number of hydrogen-bond donors (Lipinski definition) is 4. The molecule has 1 aliphatic heterocycles. The van der Waals surface area contributed by atoms with Crippen LogP contribution in [0.1, 0.15) is 55.1 Å². The summed E-state index contributed by atoms with van der Waals surface area (Å²) in [6.07, 6.45) is 3.85. The van der Waals surface area contributed by atoms with Crippen molar-refractivity contribution in [1.29, 1.82) is 0 Å². The Hall–Kier alpha value is -3.16. The van der Waals surface area contributed by atoms with Crippen LogP contribution in [-0.4, -0.2) is 53.2 Å². The van der Waals surface area contributed by atoms with E-state index in [1.165, 1.54) is 0 Å². The molecule has 2 aromatic carbocycles. The van der Waals surface area contributed by atoms with Crippen molar-refractivity contribution in [2.45, 2.75) is 64.6 Å². The van der Waals surface area contributed by atoms with Gasteiger partial charge in [-0.15, -0.1) is 0 Å². The third kappa shape index (κ3) is 5.74. The third-order valence-corrected chi connectivity index (χ3v) is 6.68. The van der Waals surface area contributed by atoms with Crippen LogP contribution in [-0.2, 0) is 17.6 Å². The van der Waals surface area contributed by atoms with Crippen molar-refractivity contribution in [3.05, 3.63) is 65.4 Å². The van der Waals surface area contributed by atoms with Crippen molar-refractivity contribution in [3.8, 4) is 0 Å². The zero-order valence-electron chi connectivity index (χ0n) is 20.8. The van der Waals surface area contributed by atoms with Gasteiger partial charge in [0.05, 0.1) is 23.3 Å². The molecule has 4 rings (SSSR count). The standard InChI is InChI=1S/C28H36N4O3/c1-4-20-16-30-27-22(20)14-21(15-24(27)32-12-8-11-26(32)34)28(35)31-23(25(33)17-29-18(2)3)13-19-9-6-5-7-10-19/h5-7,9-10,14-16,18,23,25,29-30,33H,4,8,11-13,17H2,1-3H3,(H,31,35)/t23-,25+/m0/s1. The molecule has 3 aromatic rings. The van der Waals surface area contributed by atoms with Crippen molar-refractivity contribution >= 4 is 28.4 Å². The molecule has 2 atom stereocenters. The maximum Gasteiger partial charge on any atom is 0.251 e. The van der Waals surface area contributed by atoms with E-state index < -0.39 is 12.1 Å². The number of rotatable bonds is 10. The molecule has 1 saturated heterocycles. The fourth-order valence-corrected chi connectivity index (χ4v) is 4.71. The van der Waals surface area contributed by atoms with Gasteiger partial charge in [-0.3, -0.25) is 9.59 Å². The van der Waals surface area contributed by atoms with Crippen LogP contribution in [0.5, 0.6) is 0 Å². The van der Waals surface area contributed by atoms with Crippen LogP contribution in [0.25, 0.3) is 10.9 Å². The van der Waals surface area contributed by atoms with E-state index in [1.54, 1.807) is 11.0 Å². The number of nitrogens with zero attached hydrogens (tertiary/aromatic N) is 1. The van der Waals surface area contributed by atoms with Crippen LogP contribution < -0.4 is 15.5 Å². The molecular weight excluding hydrogens is 440 g/mol. The Labute approximate surface area is 206 Å². The molecule has 0 radical (unpaired) electrons. The molecule has 1 aliphatic rings. The number of benzene rings is 2. The highest BCUT2D eigenvalue weighted by Crippen LogP contribution is 2.33. The van der Waals surface area contributed by atoms with E-state index in [-0.39, 0.29) is 17.9 Å². The minimum atomic E-state index is -0.761. The first-order chi connectivity index (χ1) is 16.9. The number of aromatic amines is 1. The topological polar surface area (TPSA) is 97.5 Å². The molecule has 7 nitrogen and oxygen atoms in total. The molecule has 4 N–H and O–H groups in total. The second-order valence-corrected chi connectivity index (χ2v) is 9.63. The van der Waals surface area contributed by atoms with Gasteiger partial charge >= 0.3 is 0 Å². The number of aliphatic hydroxyl groups excluding tert-OH is 1. The Morgan fingerprint density at radius 2 is 1.97 bits per heavy atom. The number of aliphatic hydroxyl groups is 1. The number of hydrogen-bond acceptors (Lipinski definition) is 4. The van der Waals surface area contributed by atoms with Crippen LogP contribution in [0.2, 0.25) is 0 Å². The summed E-state index contributed by atoms with van der Waals surface area (Å²) < 4.78 is 0. The van der Waals surface area contributed by atoms with E-state index in [1.807, 2.05) is 56.4 Å². The summed E-state index contributed by atoms with van der Waals surface area (Å²) in [7, 11) is 0. The highest BCUT2D eigenvalue weighted by Gasteiger charge is 2.27. The van der Waals surface area contributed by atoms with E-state index in [9.17, 15) is 14.7 Å². The molecule has 2 heterocycles. The Balaban J connectivity index is 1.65. The molecule has 1 aromatic heterocycles. The predicted molar refractivity (Wildman–Crippen MR) is 140 cm³/mol. The average molecular weight is 477 g/mol. The lowest BCUT2D eigenvalue weighted by Gasteiger charge is -2.26. The van der Waals surface area contributed by atoms with Gasteiger partial charge in [0.25, 0.3) is 5.91 Å². The SMILES string of the molecule is CCc1c[nH]c2c(N3CCCC3=O)cc(C(=O)N[C@@H](Cc3ccccc3)[C@H](O)CNC(C)C)cc12. The van der Waals surface area contributed by atoms with Crippen molar-refractivity contribution in [2.75, 3.05) is 18.0 Å². The Morgan fingerprint density at radius 1 is 1.20 bits per heavy atom. The summed E-state index contributed by atoms with van der Waals surface area (Å²) >= 11 is 0. The van der Waals surface area contributed by atoms with Gasteiger partial charge in [-0.2, -0.15) is 0 Å². The van der Waals surface area contributed by atoms with E-state index in [0.717, 1.165) is 40.6 Å². The first-order valence-corrected chi connectivity index (χ1v) is 12.6. The fourth-order valence-electron chi connectivity index (χ4n) is 4.71. The fraction of sp³-hybridized carbons (Fsp3) is 0.429. The van der Waals surface area contributed by atoms with Crippen molar-refractivity contribution in [1.82, 2.24) is 15.6 Å². The Kier molecular flexibility index (Phi) is 7.88. The normalized spacial score (nSPS) is 15.7. The minimum absolute atomic E-state index is 0.0774. The van der Waals surface area contributed by atoms with E-state index in [4.69, 9.17) is 0 Å². The summed E-state index contributed by atoms with van der Waals surface area (Å²) in [6, 6.07) is 13.3. The molecular formula is C28H36N4O3. The monoisotopic (exact) mass is 476 g/mol. The van der Waals surface area contributed by atoms with Crippen molar-refractivity contribution in [3.63, 3.8) is 0 Å². The summed E-state index contributed by atoms with van der Waals surface area (Å²) in [5.74, 6) is -0.179. The van der Waals surface area contributed by atoms with E-state index >= 15 is 0 Å². The van der Waals surface area contributed by atoms with Gasteiger partial charge < -0.3 is 25.6 Å². The maximum atomic E-state index is 13.5. The zero-order chi connectivity index (χ0) is 24.9. The molecule has 35 heavy (non-hydrogen) atoms. The molecule has 0 unspecified atom stereocenters. The van der Waals surface area contributed by atoms with Gasteiger partial charge in [-0.25, -0.2) is 0 Å². The van der Waals surface area contributed by atoms with E-state index in [2.05, 4.69) is 22.5 Å². The second-order valence-electron chi connectivity index (χ2n) is 9.63. The van der Waals surface area contributed by atoms with Crippen LogP contribution in [0.4, 0.5) is 5.69 Å². The summed E-state index contributed by atoms with van der Waals surface area (Å²) in [6.45, 7) is 7.14.